The average molecular weight is 295 g/mol. The molecule has 0 aliphatic rings. The fourth-order valence-electron chi connectivity index (χ4n) is 1.63. The molecule has 17 heavy (non-hydrogen) atoms. The normalized spacial score (nSPS) is 10.5. The Morgan fingerprint density at radius 2 is 2.29 bits per heavy atom. The second-order valence-corrected chi connectivity index (χ2v) is 4.32. The summed E-state index contributed by atoms with van der Waals surface area (Å²) in [5, 5.41) is 7.61. The van der Waals surface area contributed by atoms with Crippen molar-refractivity contribution < 1.29 is 4.79 Å². The molecule has 0 aromatic carbocycles. The largest absolute Gasteiger partial charge is 0.287 e. The summed E-state index contributed by atoms with van der Waals surface area (Å²) in [6.07, 6.45) is 4.09. The van der Waals surface area contributed by atoms with Crippen molar-refractivity contribution in [2.24, 2.45) is 7.05 Å². The number of aromatic nitrogens is 4. The molecular formula is C11H11BrN4O. The Morgan fingerprint density at radius 1 is 1.53 bits per heavy atom. The molecule has 0 aliphatic heterocycles. The minimum Gasteiger partial charge on any atom is -0.287 e. The molecule has 0 fully saturated rings. The molecule has 0 saturated heterocycles. The first kappa shape index (κ1) is 11.9. The number of ketones is 1. The number of nitrogens with zero attached hydrogens (tertiary/aromatic N) is 4. The van der Waals surface area contributed by atoms with Crippen LogP contribution < -0.4 is 0 Å². The van der Waals surface area contributed by atoms with Gasteiger partial charge in [0.05, 0.1) is 0 Å². The van der Waals surface area contributed by atoms with Gasteiger partial charge < -0.3 is 0 Å². The fraction of sp³-hybridized carbons (Fsp3) is 0.273. The molecule has 0 unspecified atom stereocenters. The fourth-order valence-corrected chi connectivity index (χ4v) is 2.14. The van der Waals surface area contributed by atoms with Gasteiger partial charge in [0, 0.05) is 25.0 Å². The summed E-state index contributed by atoms with van der Waals surface area (Å²) in [6, 6.07) is 1.72. The van der Waals surface area contributed by atoms with Crippen LogP contribution in [0.5, 0.6) is 0 Å². The molecule has 0 atom stereocenters. The summed E-state index contributed by atoms with van der Waals surface area (Å²) in [7, 11) is 1.69. The van der Waals surface area contributed by atoms with Crippen LogP contribution in [0.2, 0.25) is 0 Å². The highest BCUT2D eigenvalue weighted by atomic mass is 79.9. The van der Waals surface area contributed by atoms with Crippen molar-refractivity contribution in [1.82, 2.24) is 20.0 Å². The molecule has 2 aromatic rings. The first-order valence-corrected chi connectivity index (χ1v) is 5.97. The number of carbonyl (C=O) groups excluding carboxylic acids is 1. The van der Waals surface area contributed by atoms with E-state index in [0.717, 1.165) is 12.0 Å². The van der Waals surface area contributed by atoms with E-state index in [0.29, 0.717) is 15.9 Å². The minimum absolute atomic E-state index is 0.0939. The smallest absolute Gasteiger partial charge is 0.214 e. The van der Waals surface area contributed by atoms with E-state index >= 15 is 0 Å². The van der Waals surface area contributed by atoms with Gasteiger partial charge in [-0.1, -0.05) is 12.1 Å². The molecule has 0 spiro atoms. The van der Waals surface area contributed by atoms with Gasteiger partial charge in [0.2, 0.25) is 5.78 Å². The summed E-state index contributed by atoms with van der Waals surface area (Å²) < 4.78 is 1.93. The monoisotopic (exact) mass is 294 g/mol. The van der Waals surface area contributed by atoms with Gasteiger partial charge in [0.15, 0.2) is 4.60 Å². The molecule has 5 nitrogen and oxygen atoms in total. The third-order valence-electron chi connectivity index (χ3n) is 2.53. The Hall–Kier alpha value is -1.56. The highest BCUT2D eigenvalue weighted by molar-refractivity contribution is 9.10. The van der Waals surface area contributed by atoms with E-state index in [9.17, 15) is 4.79 Å². The maximum absolute atomic E-state index is 12.4. The van der Waals surface area contributed by atoms with Gasteiger partial charge >= 0.3 is 0 Å². The van der Waals surface area contributed by atoms with Gasteiger partial charge in [-0.3, -0.25) is 9.78 Å². The van der Waals surface area contributed by atoms with Crippen molar-refractivity contribution >= 4 is 21.7 Å². The lowest BCUT2D eigenvalue weighted by Crippen LogP contribution is -2.11. The molecule has 0 bridgehead atoms. The molecule has 0 N–H and O–H groups in total. The van der Waals surface area contributed by atoms with Crippen LogP contribution in [0, 0.1) is 0 Å². The molecule has 0 saturated carbocycles. The second-order valence-electron chi connectivity index (χ2n) is 3.57. The summed E-state index contributed by atoms with van der Waals surface area (Å²) >= 11 is 3.23. The standard InChI is InChI=1S/C11H11BrN4O/c1-3-7-6-13-5-4-8(7)10(17)9-11(12)14-15-16(9)2/h4-6H,3H2,1-2H3. The molecule has 2 heterocycles. The zero-order chi connectivity index (χ0) is 12.4. The molecule has 6 heteroatoms. The molecular weight excluding hydrogens is 284 g/mol. The molecule has 0 radical (unpaired) electrons. The number of carbonyl (C=O) groups is 1. The van der Waals surface area contributed by atoms with Gasteiger partial charge in [0.25, 0.3) is 0 Å². The van der Waals surface area contributed by atoms with Crippen LogP contribution in [0.15, 0.2) is 23.1 Å². The summed E-state index contributed by atoms with van der Waals surface area (Å²) in [6.45, 7) is 1.99. The van der Waals surface area contributed by atoms with Crippen LogP contribution >= 0.6 is 15.9 Å². The Labute approximate surface area is 107 Å². The van der Waals surface area contributed by atoms with Crippen LogP contribution in [0.1, 0.15) is 28.5 Å². The number of halogens is 1. The van der Waals surface area contributed by atoms with Crippen molar-refractivity contribution in [3.8, 4) is 0 Å². The van der Waals surface area contributed by atoms with E-state index in [-0.39, 0.29) is 5.78 Å². The Kier molecular flexibility index (Phi) is 3.33. The SMILES string of the molecule is CCc1cnccc1C(=O)c1c(Br)nnn1C. The quantitative estimate of drug-likeness (QED) is 0.810. The maximum atomic E-state index is 12.4. The third kappa shape index (κ3) is 2.12. The van der Waals surface area contributed by atoms with E-state index in [1.54, 1.807) is 25.5 Å². The van der Waals surface area contributed by atoms with E-state index in [1.807, 2.05) is 6.92 Å². The van der Waals surface area contributed by atoms with E-state index in [1.165, 1.54) is 4.68 Å². The first-order chi connectivity index (χ1) is 8.15. The number of pyridine rings is 1. The predicted molar refractivity (Wildman–Crippen MR) is 65.8 cm³/mol. The second kappa shape index (κ2) is 4.75. The number of aryl methyl sites for hydroxylation is 2. The topological polar surface area (TPSA) is 60.7 Å². The summed E-state index contributed by atoms with van der Waals surface area (Å²) in [5.41, 5.74) is 2.02. The van der Waals surface area contributed by atoms with Crippen molar-refractivity contribution in [1.29, 1.82) is 0 Å². The minimum atomic E-state index is -0.0939. The number of hydrogen-bond donors (Lipinski definition) is 0. The van der Waals surface area contributed by atoms with Crippen molar-refractivity contribution in [2.45, 2.75) is 13.3 Å². The predicted octanol–water partition coefficient (Wildman–Crippen LogP) is 1.77. The molecule has 0 amide bonds. The van der Waals surface area contributed by atoms with Crippen LogP contribution in [-0.4, -0.2) is 25.8 Å². The molecule has 2 aromatic heterocycles. The van der Waals surface area contributed by atoms with Gasteiger partial charge in [-0.2, -0.15) is 0 Å². The summed E-state index contributed by atoms with van der Waals surface area (Å²) in [4.78, 5) is 16.4. The Balaban J connectivity index is 2.51. The molecule has 0 aliphatic carbocycles. The van der Waals surface area contributed by atoms with Crippen molar-refractivity contribution in [3.05, 3.63) is 39.9 Å². The van der Waals surface area contributed by atoms with E-state index in [4.69, 9.17) is 0 Å². The van der Waals surface area contributed by atoms with Crippen molar-refractivity contribution in [2.75, 3.05) is 0 Å². The molecule has 88 valence electrons. The highest BCUT2D eigenvalue weighted by Crippen LogP contribution is 2.18. The van der Waals surface area contributed by atoms with E-state index < -0.39 is 0 Å². The van der Waals surface area contributed by atoms with E-state index in [2.05, 4.69) is 31.2 Å². The van der Waals surface area contributed by atoms with Gasteiger partial charge in [-0.25, -0.2) is 4.68 Å². The van der Waals surface area contributed by atoms with Crippen LogP contribution in [0.25, 0.3) is 0 Å². The Morgan fingerprint density at radius 3 is 2.88 bits per heavy atom. The van der Waals surface area contributed by atoms with Crippen molar-refractivity contribution in [3.63, 3.8) is 0 Å². The highest BCUT2D eigenvalue weighted by Gasteiger charge is 2.20. The first-order valence-electron chi connectivity index (χ1n) is 5.18. The Bertz CT molecular complexity index is 545. The molecule has 2 rings (SSSR count). The maximum Gasteiger partial charge on any atom is 0.214 e. The number of hydrogen-bond acceptors (Lipinski definition) is 4. The third-order valence-corrected chi connectivity index (χ3v) is 3.06. The zero-order valence-electron chi connectivity index (χ0n) is 9.51. The van der Waals surface area contributed by atoms with Crippen LogP contribution in [0.4, 0.5) is 0 Å². The van der Waals surface area contributed by atoms with Crippen LogP contribution in [-0.2, 0) is 13.5 Å². The number of rotatable bonds is 3. The van der Waals surface area contributed by atoms with Gasteiger partial charge in [0.1, 0.15) is 5.69 Å². The van der Waals surface area contributed by atoms with Crippen LogP contribution in [0.3, 0.4) is 0 Å². The lowest BCUT2D eigenvalue weighted by atomic mass is 10.0. The lowest BCUT2D eigenvalue weighted by molar-refractivity contribution is 0.102. The lowest BCUT2D eigenvalue weighted by Gasteiger charge is -2.05. The average Bonchev–Trinajstić information content (AvgIpc) is 2.68. The summed E-state index contributed by atoms with van der Waals surface area (Å²) in [5.74, 6) is -0.0939. The van der Waals surface area contributed by atoms with Gasteiger partial charge in [-0.15, -0.1) is 5.10 Å². The van der Waals surface area contributed by atoms with Gasteiger partial charge in [-0.05, 0) is 34.0 Å². The zero-order valence-corrected chi connectivity index (χ0v) is 11.1.